The first-order valence-electron chi connectivity index (χ1n) is 6.24. The maximum atomic E-state index is 11.7. The molecule has 94 valence electrons. The second kappa shape index (κ2) is 7.07. The molecule has 1 aromatic carbocycles. The Bertz CT molecular complexity index is 342. The summed E-state index contributed by atoms with van der Waals surface area (Å²) in [5.74, 6) is -0.225. The Morgan fingerprint density at radius 1 is 1.18 bits per heavy atom. The molecule has 0 aliphatic rings. The van der Waals surface area contributed by atoms with E-state index in [2.05, 4.69) is 13.8 Å². The molecule has 17 heavy (non-hydrogen) atoms. The first-order valence-corrected chi connectivity index (χ1v) is 6.24. The van der Waals surface area contributed by atoms with E-state index in [9.17, 15) is 4.79 Å². The summed E-state index contributed by atoms with van der Waals surface area (Å²) in [5.41, 5.74) is 1.78. The number of esters is 1. The van der Waals surface area contributed by atoms with Gasteiger partial charge in [0.1, 0.15) is 13.2 Å². The molecule has 1 N–H and O–H groups in total. The van der Waals surface area contributed by atoms with Gasteiger partial charge in [-0.1, -0.05) is 17.7 Å². The van der Waals surface area contributed by atoms with Crippen molar-refractivity contribution in [2.75, 3.05) is 26.2 Å². The van der Waals surface area contributed by atoms with E-state index in [1.54, 1.807) is 0 Å². The molecule has 0 unspecified atom stereocenters. The summed E-state index contributed by atoms with van der Waals surface area (Å²) in [6.07, 6.45) is 0. The van der Waals surface area contributed by atoms with Crippen LogP contribution in [0.1, 0.15) is 29.8 Å². The van der Waals surface area contributed by atoms with Crippen molar-refractivity contribution >= 4 is 5.97 Å². The molecule has 0 atom stereocenters. The number of hydrogen-bond acceptors (Lipinski definition) is 2. The first kappa shape index (κ1) is 13.7. The van der Waals surface area contributed by atoms with Crippen molar-refractivity contribution in [3.63, 3.8) is 0 Å². The molecule has 0 amide bonds. The average Bonchev–Trinajstić information content (AvgIpc) is 2.35. The molecule has 0 heterocycles. The lowest BCUT2D eigenvalue weighted by Crippen LogP contribution is -3.11. The number of nitrogens with one attached hydrogen (secondary N) is 1. The topological polar surface area (TPSA) is 30.7 Å². The zero-order valence-corrected chi connectivity index (χ0v) is 11.0. The highest BCUT2D eigenvalue weighted by Crippen LogP contribution is 2.04. The molecule has 0 fully saturated rings. The van der Waals surface area contributed by atoms with E-state index < -0.39 is 0 Å². The highest BCUT2D eigenvalue weighted by atomic mass is 16.5. The summed E-state index contributed by atoms with van der Waals surface area (Å²) in [7, 11) is 0. The SMILES string of the molecule is CC[NH+](CC)CCOC(=O)c1ccc(C)cc1. The van der Waals surface area contributed by atoms with Crippen LogP contribution in [0.25, 0.3) is 0 Å². The van der Waals surface area contributed by atoms with Crippen LogP contribution in [-0.2, 0) is 4.74 Å². The highest BCUT2D eigenvalue weighted by Gasteiger charge is 2.08. The molecule has 1 rings (SSSR count). The van der Waals surface area contributed by atoms with Crippen LogP contribution >= 0.6 is 0 Å². The quantitative estimate of drug-likeness (QED) is 0.749. The van der Waals surface area contributed by atoms with Crippen LogP contribution in [0.15, 0.2) is 24.3 Å². The van der Waals surface area contributed by atoms with Crippen LogP contribution in [0.5, 0.6) is 0 Å². The van der Waals surface area contributed by atoms with Crippen molar-refractivity contribution in [3.05, 3.63) is 35.4 Å². The van der Waals surface area contributed by atoms with E-state index in [0.29, 0.717) is 12.2 Å². The van der Waals surface area contributed by atoms with Gasteiger partial charge in [0.05, 0.1) is 18.7 Å². The summed E-state index contributed by atoms with van der Waals surface area (Å²) in [6, 6.07) is 7.46. The van der Waals surface area contributed by atoms with Gasteiger partial charge < -0.3 is 9.64 Å². The zero-order chi connectivity index (χ0) is 12.7. The standard InChI is InChI=1S/C14H21NO2/c1-4-15(5-2)10-11-17-14(16)13-8-6-12(3)7-9-13/h6-9H,4-5,10-11H2,1-3H3/p+1. The van der Waals surface area contributed by atoms with Gasteiger partial charge in [0.25, 0.3) is 0 Å². The summed E-state index contributed by atoms with van der Waals surface area (Å²) in [6.45, 7) is 9.78. The Morgan fingerprint density at radius 2 is 1.76 bits per heavy atom. The molecular weight excluding hydrogens is 214 g/mol. The average molecular weight is 236 g/mol. The number of aryl methyl sites for hydroxylation is 1. The predicted molar refractivity (Wildman–Crippen MR) is 68.4 cm³/mol. The van der Waals surface area contributed by atoms with Crippen molar-refractivity contribution in [3.8, 4) is 0 Å². The Kier molecular flexibility index (Phi) is 5.70. The number of carbonyl (C=O) groups excluding carboxylic acids is 1. The summed E-state index contributed by atoms with van der Waals surface area (Å²) in [4.78, 5) is 13.1. The van der Waals surface area contributed by atoms with Crippen molar-refractivity contribution in [1.82, 2.24) is 0 Å². The minimum Gasteiger partial charge on any atom is -0.456 e. The van der Waals surface area contributed by atoms with Gasteiger partial charge in [-0.15, -0.1) is 0 Å². The Labute approximate surface area is 103 Å². The second-order valence-electron chi connectivity index (χ2n) is 4.21. The van der Waals surface area contributed by atoms with Gasteiger partial charge in [-0.2, -0.15) is 0 Å². The summed E-state index contributed by atoms with van der Waals surface area (Å²) >= 11 is 0. The van der Waals surface area contributed by atoms with E-state index in [0.717, 1.165) is 25.2 Å². The van der Waals surface area contributed by atoms with Crippen LogP contribution in [-0.4, -0.2) is 32.2 Å². The number of ether oxygens (including phenoxy) is 1. The molecule has 1 aromatic rings. The molecule has 0 saturated heterocycles. The van der Waals surface area contributed by atoms with Gasteiger partial charge in [-0.25, -0.2) is 4.79 Å². The third kappa shape index (κ3) is 4.57. The molecule has 0 aliphatic heterocycles. The maximum Gasteiger partial charge on any atom is 0.338 e. The van der Waals surface area contributed by atoms with Crippen LogP contribution in [0, 0.1) is 6.92 Å². The lowest BCUT2D eigenvalue weighted by Gasteiger charge is -2.14. The fraction of sp³-hybridized carbons (Fsp3) is 0.500. The zero-order valence-electron chi connectivity index (χ0n) is 11.0. The fourth-order valence-electron chi connectivity index (χ4n) is 1.66. The number of likely N-dealkylation sites (N-methyl/N-ethyl adjacent to an activating group) is 1. The van der Waals surface area contributed by atoms with Crippen LogP contribution in [0.4, 0.5) is 0 Å². The monoisotopic (exact) mass is 236 g/mol. The number of quaternary nitrogens is 1. The van der Waals surface area contributed by atoms with Crippen molar-refractivity contribution < 1.29 is 14.4 Å². The summed E-state index contributed by atoms with van der Waals surface area (Å²) in [5, 5.41) is 0. The maximum absolute atomic E-state index is 11.7. The molecule has 0 saturated carbocycles. The van der Waals surface area contributed by atoms with Gasteiger partial charge in [-0.05, 0) is 32.9 Å². The second-order valence-corrected chi connectivity index (χ2v) is 4.21. The van der Waals surface area contributed by atoms with Gasteiger partial charge in [0.15, 0.2) is 0 Å². The smallest absolute Gasteiger partial charge is 0.338 e. The molecule has 3 heteroatoms. The van der Waals surface area contributed by atoms with Gasteiger partial charge in [0, 0.05) is 0 Å². The lowest BCUT2D eigenvalue weighted by molar-refractivity contribution is -0.896. The van der Waals surface area contributed by atoms with Gasteiger partial charge in [-0.3, -0.25) is 0 Å². The Morgan fingerprint density at radius 3 is 2.29 bits per heavy atom. The highest BCUT2D eigenvalue weighted by molar-refractivity contribution is 5.89. The number of hydrogen-bond donors (Lipinski definition) is 1. The molecular formula is C14H22NO2+. The van der Waals surface area contributed by atoms with Crippen LogP contribution in [0.3, 0.4) is 0 Å². The third-order valence-corrected chi connectivity index (χ3v) is 2.98. The number of benzene rings is 1. The van der Waals surface area contributed by atoms with E-state index >= 15 is 0 Å². The molecule has 0 bridgehead atoms. The van der Waals surface area contributed by atoms with Crippen molar-refractivity contribution in [2.24, 2.45) is 0 Å². The minimum atomic E-state index is -0.225. The molecule has 0 aliphatic carbocycles. The minimum absolute atomic E-state index is 0.225. The van der Waals surface area contributed by atoms with Gasteiger partial charge >= 0.3 is 5.97 Å². The van der Waals surface area contributed by atoms with E-state index in [1.165, 1.54) is 4.90 Å². The Balaban J connectivity index is 2.37. The third-order valence-electron chi connectivity index (χ3n) is 2.98. The molecule has 0 spiro atoms. The summed E-state index contributed by atoms with van der Waals surface area (Å²) < 4.78 is 5.24. The normalized spacial score (nSPS) is 10.6. The van der Waals surface area contributed by atoms with E-state index in [-0.39, 0.29) is 5.97 Å². The van der Waals surface area contributed by atoms with Crippen LogP contribution in [0.2, 0.25) is 0 Å². The van der Waals surface area contributed by atoms with Crippen molar-refractivity contribution in [2.45, 2.75) is 20.8 Å². The predicted octanol–water partition coefficient (Wildman–Crippen LogP) is 1.08. The number of rotatable bonds is 6. The fourth-order valence-corrected chi connectivity index (χ4v) is 1.66. The lowest BCUT2D eigenvalue weighted by atomic mass is 10.1. The van der Waals surface area contributed by atoms with E-state index in [1.807, 2.05) is 31.2 Å². The van der Waals surface area contributed by atoms with Gasteiger partial charge in [0.2, 0.25) is 0 Å². The molecule has 0 aromatic heterocycles. The number of carbonyl (C=O) groups is 1. The molecule has 3 nitrogen and oxygen atoms in total. The largest absolute Gasteiger partial charge is 0.456 e. The Hall–Kier alpha value is -1.35. The first-order chi connectivity index (χ1) is 8.17. The van der Waals surface area contributed by atoms with Crippen LogP contribution < -0.4 is 4.90 Å². The molecule has 0 radical (unpaired) electrons. The van der Waals surface area contributed by atoms with Crippen molar-refractivity contribution in [1.29, 1.82) is 0 Å². The van der Waals surface area contributed by atoms with E-state index in [4.69, 9.17) is 4.74 Å².